The van der Waals surface area contributed by atoms with Crippen LogP contribution in [0.1, 0.15) is 20.7 Å². The Morgan fingerprint density at radius 1 is 0.913 bits per heavy atom. The summed E-state index contributed by atoms with van der Waals surface area (Å²) in [5.74, 6) is -5.16. The molecule has 0 aliphatic carbocycles. The van der Waals surface area contributed by atoms with Gasteiger partial charge in [0.25, 0.3) is 0 Å². The van der Waals surface area contributed by atoms with Crippen LogP contribution in [0.3, 0.4) is 0 Å². The minimum atomic E-state index is -1.12. The molecule has 0 spiro atoms. The van der Waals surface area contributed by atoms with Crippen molar-refractivity contribution in [3.05, 3.63) is 41.5 Å². The van der Waals surface area contributed by atoms with E-state index < -0.39 is 40.7 Å². The number of carbonyl (C=O) groups excluding carboxylic acids is 2. The molecule has 120 valence electrons. The molecule has 2 aromatic rings. The summed E-state index contributed by atoms with van der Waals surface area (Å²) < 4.78 is 9.32. The third-order valence-electron chi connectivity index (χ3n) is 2.91. The number of ether oxygens (including phenoxy) is 2. The number of hydrogen-bond acceptors (Lipinski definition) is 8. The van der Waals surface area contributed by atoms with Crippen LogP contribution in [-0.4, -0.2) is 39.5 Å². The second-order valence-electron chi connectivity index (χ2n) is 4.40. The first kappa shape index (κ1) is 16.0. The highest BCUT2D eigenvalue weighted by atomic mass is 16.5. The van der Waals surface area contributed by atoms with Gasteiger partial charge in [0.2, 0.25) is 5.75 Å². The highest BCUT2D eigenvalue weighted by Gasteiger charge is 2.21. The number of hydrogen-bond donors (Lipinski definition) is 4. The van der Waals surface area contributed by atoms with Gasteiger partial charge >= 0.3 is 11.9 Å². The predicted octanol–water partition coefficient (Wildman–Crippen LogP) is 1.51. The van der Waals surface area contributed by atoms with Crippen molar-refractivity contribution in [3.63, 3.8) is 0 Å². The summed E-state index contributed by atoms with van der Waals surface area (Å²) in [7, 11) is 1.11. The van der Waals surface area contributed by atoms with Crippen LogP contribution in [0.4, 0.5) is 0 Å². The number of methoxy groups -OCH3 is 1. The first-order valence-corrected chi connectivity index (χ1v) is 6.22. The summed E-state index contributed by atoms with van der Waals surface area (Å²) in [6.45, 7) is 0. The Labute approximate surface area is 129 Å². The first-order valence-electron chi connectivity index (χ1n) is 6.22. The molecular weight excluding hydrogens is 308 g/mol. The van der Waals surface area contributed by atoms with Crippen molar-refractivity contribution >= 4 is 11.9 Å². The van der Waals surface area contributed by atoms with Crippen molar-refractivity contribution < 1.29 is 39.5 Å². The van der Waals surface area contributed by atoms with Crippen LogP contribution in [0.15, 0.2) is 30.3 Å². The van der Waals surface area contributed by atoms with Gasteiger partial charge in [-0.15, -0.1) is 0 Å². The van der Waals surface area contributed by atoms with Crippen LogP contribution in [0.2, 0.25) is 0 Å². The number of rotatable bonds is 3. The van der Waals surface area contributed by atoms with E-state index in [4.69, 9.17) is 4.74 Å². The molecule has 0 radical (unpaired) electrons. The molecule has 4 N–H and O–H groups in total. The third kappa shape index (κ3) is 3.10. The zero-order chi connectivity index (χ0) is 17.1. The lowest BCUT2D eigenvalue weighted by molar-refractivity contribution is 0.0596. The molecule has 0 saturated heterocycles. The Morgan fingerprint density at radius 3 is 2.26 bits per heavy atom. The fourth-order valence-corrected chi connectivity index (χ4v) is 1.76. The lowest BCUT2D eigenvalue weighted by Gasteiger charge is -2.10. The smallest absolute Gasteiger partial charge is 0.347 e. The van der Waals surface area contributed by atoms with E-state index in [-0.39, 0.29) is 11.1 Å². The van der Waals surface area contributed by atoms with Crippen LogP contribution in [0, 0.1) is 0 Å². The maximum atomic E-state index is 12.0. The minimum Gasteiger partial charge on any atom is -0.504 e. The van der Waals surface area contributed by atoms with Crippen molar-refractivity contribution in [1.29, 1.82) is 0 Å². The van der Waals surface area contributed by atoms with Crippen LogP contribution >= 0.6 is 0 Å². The first-order chi connectivity index (χ1) is 10.8. The van der Waals surface area contributed by atoms with E-state index in [1.165, 1.54) is 12.1 Å². The Bertz CT molecular complexity index is 781. The molecule has 0 heterocycles. The number of carbonyl (C=O) groups is 2. The molecule has 0 bridgehead atoms. The molecular formula is C15H12O8. The summed E-state index contributed by atoms with van der Waals surface area (Å²) in [6, 6.07) is 5.56. The topological polar surface area (TPSA) is 134 Å². The molecule has 23 heavy (non-hydrogen) atoms. The Kier molecular flexibility index (Phi) is 4.26. The molecule has 0 aliphatic rings. The standard InChI is InChI=1S/C15H12O8/c1-22-14(20)7-5-10(17)13(19)11(6-7)23-15(21)8-3-2-4-9(16)12(8)18/h2-6,16-19H,1H3. The summed E-state index contributed by atoms with van der Waals surface area (Å²) >= 11 is 0. The van der Waals surface area contributed by atoms with Crippen LogP contribution in [-0.2, 0) is 4.74 Å². The van der Waals surface area contributed by atoms with Crippen LogP contribution in [0.25, 0.3) is 0 Å². The van der Waals surface area contributed by atoms with Gasteiger partial charge < -0.3 is 29.9 Å². The maximum absolute atomic E-state index is 12.0. The fourth-order valence-electron chi connectivity index (χ4n) is 1.76. The monoisotopic (exact) mass is 320 g/mol. The highest BCUT2D eigenvalue weighted by Crippen LogP contribution is 2.38. The molecule has 0 aromatic heterocycles. The molecule has 0 unspecified atom stereocenters. The number of phenolic OH excluding ortho intramolecular Hbond substituents is 4. The van der Waals surface area contributed by atoms with Crippen molar-refractivity contribution in [1.82, 2.24) is 0 Å². The summed E-state index contributed by atoms with van der Waals surface area (Å²) in [6.07, 6.45) is 0. The van der Waals surface area contributed by atoms with E-state index in [1.807, 2.05) is 0 Å². The van der Waals surface area contributed by atoms with Gasteiger partial charge in [-0.25, -0.2) is 9.59 Å². The molecule has 0 atom stereocenters. The number of para-hydroxylation sites is 1. The predicted molar refractivity (Wildman–Crippen MR) is 75.8 cm³/mol. The molecule has 0 amide bonds. The largest absolute Gasteiger partial charge is 0.504 e. The summed E-state index contributed by atoms with van der Waals surface area (Å²) in [5.41, 5.74) is -0.530. The van der Waals surface area contributed by atoms with Crippen molar-refractivity contribution in [2.45, 2.75) is 0 Å². The normalized spacial score (nSPS) is 10.1. The van der Waals surface area contributed by atoms with E-state index in [1.54, 1.807) is 0 Å². The van der Waals surface area contributed by atoms with Gasteiger partial charge in [-0.2, -0.15) is 0 Å². The third-order valence-corrected chi connectivity index (χ3v) is 2.91. The van der Waals surface area contributed by atoms with E-state index in [0.717, 1.165) is 25.3 Å². The summed E-state index contributed by atoms with van der Waals surface area (Å²) in [5, 5.41) is 38.2. The zero-order valence-electron chi connectivity index (χ0n) is 11.8. The van der Waals surface area contributed by atoms with E-state index in [9.17, 15) is 30.0 Å². The molecule has 0 fully saturated rings. The Morgan fingerprint density at radius 2 is 1.61 bits per heavy atom. The van der Waals surface area contributed by atoms with E-state index in [0.29, 0.717) is 0 Å². The van der Waals surface area contributed by atoms with Gasteiger partial charge in [0.15, 0.2) is 23.0 Å². The molecule has 0 aliphatic heterocycles. The quantitative estimate of drug-likeness (QED) is 0.380. The van der Waals surface area contributed by atoms with Gasteiger partial charge in [-0.1, -0.05) is 6.07 Å². The van der Waals surface area contributed by atoms with Crippen molar-refractivity contribution in [3.8, 4) is 28.7 Å². The Balaban J connectivity index is 2.39. The fraction of sp³-hybridized carbons (Fsp3) is 0.0667. The number of phenols is 4. The van der Waals surface area contributed by atoms with Gasteiger partial charge in [-0.05, 0) is 24.3 Å². The van der Waals surface area contributed by atoms with Gasteiger partial charge in [-0.3, -0.25) is 0 Å². The molecule has 2 aromatic carbocycles. The average molecular weight is 320 g/mol. The average Bonchev–Trinajstić information content (AvgIpc) is 2.53. The maximum Gasteiger partial charge on any atom is 0.347 e. The SMILES string of the molecule is COC(=O)c1cc(O)c(O)c(OC(=O)c2cccc(O)c2O)c1. The minimum absolute atomic E-state index is 0.161. The van der Waals surface area contributed by atoms with Gasteiger partial charge in [0.1, 0.15) is 5.56 Å². The molecule has 2 rings (SSSR count). The summed E-state index contributed by atoms with van der Waals surface area (Å²) in [4.78, 5) is 23.5. The van der Waals surface area contributed by atoms with E-state index >= 15 is 0 Å². The Hall–Kier alpha value is -3.42. The highest BCUT2D eigenvalue weighted by molar-refractivity contribution is 5.96. The number of aromatic hydroxyl groups is 4. The lowest BCUT2D eigenvalue weighted by atomic mass is 10.1. The second-order valence-corrected chi connectivity index (χ2v) is 4.40. The van der Waals surface area contributed by atoms with Crippen molar-refractivity contribution in [2.24, 2.45) is 0 Å². The van der Waals surface area contributed by atoms with Gasteiger partial charge in [0.05, 0.1) is 12.7 Å². The number of benzene rings is 2. The molecule has 8 heteroatoms. The van der Waals surface area contributed by atoms with E-state index in [2.05, 4.69) is 4.74 Å². The van der Waals surface area contributed by atoms with Crippen LogP contribution in [0.5, 0.6) is 28.7 Å². The molecule has 0 saturated carbocycles. The van der Waals surface area contributed by atoms with Crippen LogP contribution < -0.4 is 4.74 Å². The lowest BCUT2D eigenvalue weighted by Crippen LogP contribution is -2.10. The molecule has 8 nitrogen and oxygen atoms in total. The van der Waals surface area contributed by atoms with Gasteiger partial charge in [0, 0.05) is 0 Å². The van der Waals surface area contributed by atoms with Crippen molar-refractivity contribution in [2.75, 3.05) is 7.11 Å². The second kappa shape index (κ2) is 6.14. The number of esters is 2. The zero-order valence-corrected chi connectivity index (χ0v) is 11.8.